The molecule has 1 saturated heterocycles. The molecule has 1 aromatic rings. The summed E-state index contributed by atoms with van der Waals surface area (Å²) in [7, 11) is 0. The summed E-state index contributed by atoms with van der Waals surface area (Å²) in [6.07, 6.45) is 0.402. The van der Waals surface area contributed by atoms with Crippen LogP contribution in [0, 0.1) is 0 Å². The van der Waals surface area contributed by atoms with Gasteiger partial charge >= 0.3 is 0 Å². The van der Waals surface area contributed by atoms with Crippen LogP contribution in [0.2, 0.25) is 5.02 Å². The largest absolute Gasteiger partial charge is 0.374 e. The molecule has 1 N–H and O–H groups in total. The molecular weight excluding hydrogens is 238 g/mol. The highest BCUT2D eigenvalue weighted by Crippen LogP contribution is 2.16. The zero-order valence-electron chi connectivity index (χ0n) is 9.99. The Labute approximate surface area is 107 Å². The van der Waals surface area contributed by atoms with E-state index in [9.17, 15) is 0 Å². The molecule has 2 rings (SSSR count). The molecule has 94 valence electrons. The molecule has 1 aliphatic rings. The zero-order chi connectivity index (χ0) is 12.1. The molecule has 0 radical (unpaired) electrons. The van der Waals surface area contributed by atoms with Gasteiger partial charge in [-0.05, 0) is 18.6 Å². The first-order chi connectivity index (χ1) is 8.25. The average molecular weight is 256 g/mol. The second kappa shape index (κ2) is 6.36. The molecule has 0 saturated carbocycles. The fourth-order valence-corrected chi connectivity index (χ4v) is 2.08. The van der Waals surface area contributed by atoms with E-state index >= 15 is 0 Å². The van der Waals surface area contributed by atoms with E-state index in [1.807, 2.05) is 24.3 Å². The van der Waals surface area contributed by atoms with Crippen LogP contribution in [0.5, 0.6) is 0 Å². The molecule has 1 fully saturated rings. The van der Waals surface area contributed by atoms with Crippen LogP contribution in [0.15, 0.2) is 24.3 Å². The highest BCUT2D eigenvalue weighted by atomic mass is 35.5. The Hall–Kier alpha value is -0.610. The van der Waals surface area contributed by atoms with Gasteiger partial charge in [0.05, 0.1) is 25.4 Å². The molecule has 0 aromatic heterocycles. The highest BCUT2D eigenvalue weighted by Gasteiger charge is 2.18. The number of halogens is 1. The molecule has 1 heterocycles. The van der Waals surface area contributed by atoms with Crippen molar-refractivity contribution in [3.63, 3.8) is 0 Å². The number of ether oxygens (including phenoxy) is 2. The van der Waals surface area contributed by atoms with Crippen molar-refractivity contribution >= 4 is 11.6 Å². The van der Waals surface area contributed by atoms with Gasteiger partial charge in [-0.3, -0.25) is 0 Å². The maximum atomic E-state index is 6.05. The van der Waals surface area contributed by atoms with E-state index in [4.69, 9.17) is 21.1 Å². The number of hydrogen-bond donors (Lipinski definition) is 1. The Morgan fingerprint density at radius 3 is 3.00 bits per heavy atom. The lowest BCUT2D eigenvalue weighted by Crippen LogP contribution is -2.45. The monoisotopic (exact) mass is 255 g/mol. The quantitative estimate of drug-likeness (QED) is 0.895. The van der Waals surface area contributed by atoms with Crippen LogP contribution in [0.1, 0.15) is 12.5 Å². The lowest BCUT2D eigenvalue weighted by molar-refractivity contribution is -0.0716. The van der Waals surface area contributed by atoms with E-state index in [1.54, 1.807) is 0 Å². The Morgan fingerprint density at radius 2 is 2.24 bits per heavy atom. The van der Waals surface area contributed by atoms with E-state index in [1.165, 1.54) is 0 Å². The molecule has 2 unspecified atom stereocenters. The zero-order valence-corrected chi connectivity index (χ0v) is 10.7. The topological polar surface area (TPSA) is 30.5 Å². The van der Waals surface area contributed by atoms with E-state index in [-0.39, 0.29) is 12.2 Å². The van der Waals surface area contributed by atoms with Gasteiger partial charge < -0.3 is 14.8 Å². The van der Waals surface area contributed by atoms with Gasteiger partial charge in [-0.25, -0.2) is 0 Å². The van der Waals surface area contributed by atoms with Crippen molar-refractivity contribution in [3.05, 3.63) is 34.9 Å². The van der Waals surface area contributed by atoms with Crippen LogP contribution in [-0.2, 0) is 16.1 Å². The summed E-state index contributed by atoms with van der Waals surface area (Å²) in [6.45, 7) is 4.97. The molecule has 3 nitrogen and oxygen atoms in total. The van der Waals surface area contributed by atoms with Gasteiger partial charge in [0.2, 0.25) is 0 Å². The molecule has 17 heavy (non-hydrogen) atoms. The van der Waals surface area contributed by atoms with Gasteiger partial charge in [0.1, 0.15) is 0 Å². The SMILES string of the molecule is CC1CNCC(COCc2ccccc2Cl)O1. The van der Waals surface area contributed by atoms with Crippen LogP contribution in [0.3, 0.4) is 0 Å². The molecule has 2 atom stereocenters. The van der Waals surface area contributed by atoms with Gasteiger partial charge in [0.25, 0.3) is 0 Å². The molecular formula is C13H18ClNO2. The third-order valence-corrected chi connectivity index (χ3v) is 3.12. The maximum Gasteiger partial charge on any atom is 0.0936 e. The van der Waals surface area contributed by atoms with Crippen molar-refractivity contribution < 1.29 is 9.47 Å². The third kappa shape index (κ3) is 3.96. The normalized spacial score (nSPS) is 24.8. The molecule has 0 aliphatic carbocycles. The number of hydrogen-bond acceptors (Lipinski definition) is 3. The van der Waals surface area contributed by atoms with Crippen molar-refractivity contribution in [2.45, 2.75) is 25.7 Å². The Kier molecular flexibility index (Phi) is 4.80. The Morgan fingerprint density at radius 1 is 1.41 bits per heavy atom. The summed E-state index contributed by atoms with van der Waals surface area (Å²) >= 11 is 6.05. The molecule has 0 spiro atoms. The Bertz CT molecular complexity index is 359. The summed E-state index contributed by atoms with van der Waals surface area (Å²) in [6, 6.07) is 7.74. The van der Waals surface area contributed by atoms with Crippen LogP contribution in [0.25, 0.3) is 0 Å². The molecule has 1 aromatic carbocycles. The van der Waals surface area contributed by atoms with Crippen LogP contribution in [-0.4, -0.2) is 31.9 Å². The number of benzene rings is 1. The van der Waals surface area contributed by atoms with Gasteiger partial charge in [0, 0.05) is 18.1 Å². The van der Waals surface area contributed by atoms with Crippen molar-refractivity contribution in [2.75, 3.05) is 19.7 Å². The third-order valence-electron chi connectivity index (χ3n) is 2.75. The summed E-state index contributed by atoms with van der Waals surface area (Å²) in [5.74, 6) is 0. The van der Waals surface area contributed by atoms with Gasteiger partial charge in [-0.15, -0.1) is 0 Å². The lowest BCUT2D eigenvalue weighted by atomic mass is 10.2. The smallest absolute Gasteiger partial charge is 0.0936 e. The van der Waals surface area contributed by atoms with Crippen LogP contribution in [0.4, 0.5) is 0 Å². The summed E-state index contributed by atoms with van der Waals surface area (Å²) < 4.78 is 11.4. The molecule has 1 aliphatic heterocycles. The fourth-order valence-electron chi connectivity index (χ4n) is 1.89. The minimum Gasteiger partial charge on any atom is -0.374 e. The van der Waals surface area contributed by atoms with E-state index in [2.05, 4.69) is 12.2 Å². The average Bonchev–Trinajstić information content (AvgIpc) is 2.32. The first-order valence-electron chi connectivity index (χ1n) is 5.93. The first-order valence-corrected chi connectivity index (χ1v) is 6.31. The second-order valence-corrected chi connectivity index (χ2v) is 4.74. The highest BCUT2D eigenvalue weighted by molar-refractivity contribution is 6.31. The first kappa shape index (κ1) is 12.8. The van der Waals surface area contributed by atoms with E-state index in [0.717, 1.165) is 23.7 Å². The summed E-state index contributed by atoms with van der Waals surface area (Å²) in [5.41, 5.74) is 1.02. The predicted octanol–water partition coefficient (Wildman–Crippen LogP) is 2.23. The van der Waals surface area contributed by atoms with E-state index in [0.29, 0.717) is 13.2 Å². The standard InChI is InChI=1S/C13H18ClNO2/c1-10-6-15-7-12(17-10)9-16-8-11-4-2-3-5-13(11)14/h2-5,10,12,15H,6-9H2,1H3. The predicted molar refractivity (Wildman–Crippen MR) is 68.3 cm³/mol. The molecule has 4 heteroatoms. The number of rotatable bonds is 4. The molecule has 0 bridgehead atoms. The Balaban J connectivity index is 1.74. The van der Waals surface area contributed by atoms with E-state index < -0.39 is 0 Å². The van der Waals surface area contributed by atoms with Crippen molar-refractivity contribution in [3.8, 4) is 0 Å². The van der Waals surface area contributed by atoms with Gasteiger partial charge in [-0.2, -0.15) is 0 Å². The maximum absolute atomic E-state index is 6.05. The number of morpholine rings is 1. The number of nitrogens with one attached hydrogen (secondary N) is 1. The minimum absolute atomic E-state index is 0.140. The van der Waals surface area contributed by atoms with Crippen molar-refractivity contribution in [1.82, 2.24) is 5.32 Å². The van der Waals surface area contributed by atoms with Gasteiger partial charge in [0.15, 0.2) is 0 Å². The summed E-state index contributed by atoms with van der Waals surface area (Å²) in [4.78, 5) is 0. The second-order valence-electron chi connectivity index (χ2n) is 4.33. The lowest BCUT2D eigenvalue weighted by Gasteiger charge is -2.28. The van der Waals surface area contributed by atoms with Crippen molar-refractivity contribution in [1.29, 1.82) is 0 Å². The van der Waals surface area contributed by atoms with Crippen LogP contribution >= 0.6 is 11.6 Å². The van der Waals surface area contributed by atoms with Crippen LogP contribution < -0.4 is 5.32 Å². The summed E-state index contributed by atoms with van der Waals surface area (Å²) in [5, 5.41) is 4.07. The minimum atomic E-state index is 0.140. The van der Waals surface area contributed by atoms with Gasteiger partial charge in [-0.1, -0.05) is 29.8 Å². The fraction of sp³-hybridized carbons (Fsp3) is 0.538. The molecule has 0 amide bonds. The van der Waals surface area contributed by atoms with Crippen molar-refractivity contribution in [2.24, 2.45) is 0 Å².